The number of carbonyl (C=O) groups excluding carboxylic acids is 1. The summed E-state index contributed by atoms with van der Waals surface area (Å²) in [5.41, 5.74) is 6.04. The summed E-state index contributed by atoms with van der Waals surface area (Å²) in [5.74, 6) is 1.21. The van der Waals surface area contributed by atoms with Gasteiger partial charge >= 0.3 is 6.03 Å². The van der Waals surface area contributed by atoms with Gasteiger partial charge < -0.3 is 25.5 Å². The lowest BCUT2D eigenvalue weighted by Gasteiger charge is -2.16. The van der Waals surface area contributed by atoms with Crippen molar-refractivity contribution in [1.82, 2.24) is 25.3 Å². The zero-order valence-corrected chi connectivity index (χ0v) is 13.1. The maximum Gasteiger partial charge on any atom is 0.317 e. The number of nitrogen functional groups attached to an aromatic ring is 1. The molecule has 0 saturated carbocycles. The number of aromatic nitrogens is 3. The average Bonchev–Trinajstić information content (AvgIpc) is 2.93. The fraction of sp³-hybridized carbons (Fsp3) is 0.429. The normalized spacial score (nSPS) is 10.5. The molecule has 23 heavy (non-hydrogen) atoms. The number of nitrogens with one attached hydrogen (secondary N) is 2. The van der Waals surface area contributed by atoms with E-state index >= 15 is 0 Å². The van der Waals surface area contributed by atoms with Crippen molar-refractivity contribution in [3.63, 3.8) is 0 Å². The second-order valence-corrected chi connectivity index (χ2v) is 5.09. The standard InChI is InChI=1S/C14H20N6O3/c1-3-9-6-10(23-19-9)8-20(2)14(22)16-5-4-12-17-11(15)7-13(21)18-12/h6-7H,3-5,8H2,1-2H3,(H,16,22)(H3,15,17,18,21). The van der Waals surface area contributed by atoms with E-state index in [9.17, 15) is 9.59 Å². The lowest BCUT2D eigenvalue weighted by molar-refractivity contribution is 0.201. The van der Waals surface area contributed by atoms with Gasteiger partial charge in [-0.05, 0) is 6.42 Å². The molecule has 124 valence electrons. The number of hydrogen-bond acceptors (Lipinski definition) is 6. The summed E-state index contributed by atoms with van der Waals surface area (Å²) in [6, 6.07) is 2.77. The van der Waals surface area contributed by atoms with Gasteiger partial charge in [0.2, 0.25) is 0 Å². The van der Waals surface area contributed by atoms with Gasteiger partial charge in [-0.15, -0.1) is 0 Å². The van der Waals surface area contributed by atoms with Crippen LogP contribution < -0.4 is 16.6 Å². The Hall–Kier alpha value is -2.84. The van der Waals surface area contributed by atoms with Crippen molar-refractivity contribution < 1.29 is 9.32 Å². The van der Waals surface area contributed by atoms with Gasteiger partial charge in [-0.25, -0.2) is 9.78 Å². The van der Waals surface area contributed by atoms with Crippen LogP contribution in [0.2, 0.25) is 0 Å². The van der Waals surface area contributed by atoms with E-state index < -0.39 is 0 Å². The largest absolute Gasteiger partial charge is 0.383 e. The van der Waals surface area contributed by atoms with Crippen molar-refractivity contribution >= 4 is 11.8 Å². The van der Waals surface area contributed by atoms with E-state index in [0.717, 1.165) is 12.1 Å². The fourth-order valence-electron chi connectivity index (χ4n) is 1.97. The third kappa shape index (κ3) is 4.83. The van der Waals surface area contributed by atoms with Crippen molar-refractivity contribution in [2.45, 2.75) is 26.3 Å². The highest BCUT2D eigenvalue weighted by molar-refractivity contribution is 5.73. The Bertz CT molecular complexity index is 723. The molecule has 0 saturated heterocycles. The first-order valence-electron chi connectivity index (χ1n) is 7.27. The summed E-state index contributed by atoms with van der Waals surface area (Å²) in [4.78, 5) is 31.3. The molecule has 0 aliphatic heterocycles. The maximum atomic E-state index is 12.0. The summed E-state index contributed by atoms with van der Waals surface area (Å²) in [5, 5.41) is 6.61. The van der Waals surface area contributed by atoms with Crippen LogP contribution in [0.4, 0.5) is 10.6 Å². The fourth-order valence-corrected chi connectivity index (χ4v) is 1.97. The van der Waals surface area contributed by atoms with Gasteiger partial charge in [-0.1, -0.05) is 12.1 Å². The zero-order valence-electron chi connectivity index (χ0n) is 13.1. The van der Waals surface area contributed by atoms with E-state index in [4.69, 9.17) is 10.3 Å². The first-order chi connectivity index (χ1) is 11.0. The topological polar surface area (TPSA) is 130 Å². The molecule has 9 nitrogen and oxygen atoms in total. The molecule has 0 radical (unpaired) electrons. The van der Waals surface area contributed by atoms with Gasteiger partial charge in [-0.3, -0.25) is 4.79 Å². The predicted molar refractivity (Wildman–Crippen MR) is 83.7 cm³/mol. The highest BCUT2D eigenvalue weighted by Gasteiger charge is 2.12. The number of carbonyl (C=O) groups is 1. The van der Waals surface area contributed by atoms with Gasteiger partial charge in [0.15, 0.2) is 5.76 Å². The summed E-state index contributed by atoms with van der Waals surface area (Å²) in [7, 11) is 1.66. The Morgan fingerprint density at radius 2 is 2.26 bits per heavy atom. The lowest BCUT2D eigenvalue weighted by atomic mass is 10.3. The maximum absolute atomic E-state index is 12.0. The van der Waals surface area contributed by atoms with E-state index in [2.05, 4.69) is 20.4 Å². The third-order valence-electron chi connectivity index (χ3n) is 3.16. The third-order valence-corrected chi connectivity index (χ3v) is 3.16. The summed E-state index contributed by atoms with van der Waals surface area (Å²) >= 11 is 0. The number of H-pyrrole nitrogens is 1. The molecule has 0 spiro atoms. The van der Waals surface area contributed by atoms with Crippen LogP contribution in [-0.4, -0.2) is 39.6 Å². The van der Waals surface area contributed by atoms with Crippen molar-refractivity contribution in [3.05, 3.63) is 39.8 Å². The number of aromatic amines is 1. The van der Waals surface area contributed by atoms with E-state index in [1.807, 2.05) is 13.0 Å². The summed E-state index contributed by atoms with van der Waals surface area (Å²) in [6.45, 7) is 2.63. The number of amides is 2. The monoisotopic (exact) mass is 320 g/mol. The number of rotatable bonds is 6. The predicted octanol–water partition coefficient (Wildman–Crippen LogP) is 0.287. The van der Waals surface area contributed by atoms with Crippen molar-refractivity contribution in [2.75, 3.05) is 19.3 Å². The van der Waals surface area contributed by atoms with Crippen molar-refractivity contribution in [1.29, 1.82) is 0 Å². The molecule has 0 bridgehead atoms. The Balaban J connectivity index is 1.80. The van der Waals surface area contributed by atoms with Crippen LogP contribution >= 0.6 is 0 Å². The molecule has 0 aliphatic carbocycles. The number of nitrogens with two attached hydrogens (primary N) is 1. The van der Waals surface area contributed by atoms with Gasteiger partial charge in [0.1, 0.15) is 11.6 Å². The lowest BCUT2D eigenvalue weighted by Crippen LogP contribution is -2.38. The second-order valence-electron chi connectivity index (χ2n) is 5.09. The van der Waals surface area contributed by atoms with Gasteiger partial charge in [0, 0.05) is 32.1 Å². The molecule has 2 amide bonds. The van der Waals surface area contributed by atoms with Crippen LogP contribution in [0.3, 0.4) is 0 Å². The average molecular weight is 320 g/mol. The van der Waals surface area contributed by atoms with Gasteiger partial charge in [0.25, 0.3) is 5.56 Å². The molecule has 2 rings (SSSR count). The number of anilines is 1. The first kappa shape index (κ1) is 16.5. The highest BCUT2D eigenvalue weighted by atomic mass is 16.5. The Kier molecular flexibility index (Phi) is 5.34. The molecule has 9 heteroatoms. The summed E-state index contributed by atoms with van der Waals surface area (Å²) < 4.78 is 5.14. The van der Waals surface area contributed by atoms with Crippen LogP contribution in [-0.2, 0) is 19.4 Å². The van der Waals surface area contributed by atoms with Crippen LogP contribution in [0.5, 0.6) is 0 Å². The van der Waals surface area contributed by atoms with Crippen LogP contribution in [0.15, 0.2) is 21.5 Å². The Morgan fingerprint density at radius 1 is 1.48 bits per heavy atom. The molecule has 2 aromatic rings. The molecule has 0 unspecified atom stereocenters. The molecule has 0 atom stereocenters. The Labute approximate surface area is 132 Å². The van der Waals surface area contributed by atoms with Gasteiger partial charge in [0.05, 0.1) is 12.2 Å². The smallest absolute Gasteiger partial charge is 0.317 e. The molecular formula is C14H20N6O3. The van der Waals surface area contributed by atoms with Crippen LogP contribution in [0, 0.1) is 0 Å². The SMILES string of the molecule is CCc1cc(CN(C)C(=O)NCCc2nc(N)cc(=O)[nH]2)on1. The van der Waals surface area contributed by atoms with E-state index in [1.54, 1.807) is 7.05 Å². The van der Waals surface area contributed by atoms with Gasteiger partial charge in [-0.2, -0.15) is 0 Å². The van der Waals surface area contributed by atoms with E-state index in [1.165, 1.54) is 11.0 Å². The highest BCUT2D eigenvalue weighted by Crippen LogP contribution is 2.06. The van der Waals surface area contributed by atoms with Crippen molar-refractivity contribution in [2.24, 2.45) is 0 Å². The number of urea groups is 1. The van der Waals surface area contributed by atoms with E-state index in [-0.39, 0.29) is 17.4 Å². The molecular weight excluding hydrogens is 300 g/mol. The minimum atomic E-state index is -0.312. The molecule has 2 heterocycles. The van der Waals surface area contributed by atoms with Crippen molar-refractivity contribution in [3.8, 4) is 0 Å². The molecule has 2 aromatic heterocycles. The molecule has 0 aromatic carbocycles. The second kappa shape index (κ2) is 7.43. The number of nitrogens with zero attached hydrogens (tertiary/aromatic N) is 3. The minimum absolute atomic E-state index is 0.157. The number of hydrogen-bond donors (Lipinski definition) is 3. The number of aryl methyl sites for hydroxylation is 1. The van der Waals surface area contributed by atoms with Crippen LogP contribution in [0.1, 0.15) is 24.2 Å². The molecule has 0 fully saturated rings. The molecule has 0 aliphatic rings. The Morgan fingerprint density at radius 3 is 2.91 bits per heavy atom. The van der Waals surface area contributed by atoms with Crippen LogP contribution in [0.25, 0.3) is 0 Å². The zero-order chi connectivity index (χ0) is 16.8. The first-order valence-corrected chi connectivity index (χ1v) is 7.27. The minimum Gasteiger partial charge on any atom is -0.383 e. The summed E-state index contributed by atoms with van der Waals surface area (Å²) in [6.07, 6.45) is 1.16. The van der Waals surface area contributed by atoms with E-state index in [0.29, 0.717) is 31.1 Å². The molecule has 4 N–H and O–H groups in total. The quantitative estimate of drug-likeness (QED) is 0.701.